The van der Waals surface area contributed by atoms with Crippen molar-refractivity contribution in [3.05, 3.63) is 0 Å². The van der Waals surface area contributed by atoms with E-state index in [-0.39, 0.29) is 31.8 Å². The molecule has 1 saturated heterocycles. The molecule has 6 heteroatoms. The third-order valence-corrected chi connectivity index (χ3v) is 2.40. The van der Waals surface area contributed by atoms with Gasteiger partial charge in [-0.2, -0.15) is 0 Å². The van der Waals surface area contributed by atoms with Gasteiger partial charge >= 0.3 is 5.97 Å². The molecule has 0 saturated carbocycles. The second kappa shape index (κ2) is 4.47. The lowest BCUT2D eigenvalue weighted by molar-refractivity contribution is -0.148. The molecule has 5 nitrogen and oxygen atoms in total. The maximum absolute atomic E-state index is 11.4. The van der Waals surface area contributed by atoms with E-state index in [9.17, 15) is 9.59 Å². The molecule has 78 valence electrons. The van der Waals surface area contributed by atoms with Crippen LogP contribution in [0.15, 0.2) is 0 Å². The highest BCUT2D eigenvalue weighted by atomic mass is 32.1. The number of rotatable bonds is 3. The maximum atomic E-state index is 11.4. The van der Waals surface area contributed by atoms with Gasteiger partial charge in [-0.25, -0.2) is 4.79 Å². The summed E-state index contributed by atoms with van der Waals surface area (Å²) < 4.78 is 0. The quantitative estimate of drug-likeness (QED) is 0.615. The summed E-state index contributed by atoms with van der Waals surface area (Å²) in [6.07, 6.45) is 0.452. The molecular weight excluding hydrogens is 204 g/mol. The molecule has 14 heavy (non-hydrogen) atoms. The van der Waals surface area contributed by atoms with E-state index >= 15 is 0 Å². The molecule has 0 spiro atoms. The number of carboxylic acids is 1. The molecule has 0 unspecified atom stereocenters. The Labute approximate surface area is 86.9 Å². The van der Waals surface area contributed by atoms with E-state index in [1.165, 1.54) is 4.90 Å². The van der Waals surface area contributed by atoms with Crippen LogP contribution in [0.2, 0.25) is 0 Å². The molecule has 1 aliphatic rings. The summed E-state index contributed by atoms with van der Waals surface area (Å²) in [7, 11) is 0. The molecule has 0 aliphatic carbocycles. The molecule has 3 N–H and O–H groups in total. The molecule has 1 amide bonds. The van der Waals surface area contributed by atoms with Gasteiger partial charge in [0.2, 0.25) is 5.91 Å². The highest BCUT2D eigenvalue weighted by Crippen LogP contribution is 2.16. The number of hydrogen-bond acceptors (Lipinski definition) is 4. The number of hydrogen-bond donors (Lipinski definition) is 2. The summed E-state index contributed by atoms with van der Waals surface area (Å²) >= 11 is 4.91. The van der Waals surface area contributed by atoms with E-state index in [2.05, 4.69) is 0 Å². The van der Waals surface area contributed by atoms with Crippen molar-refractivity contribution in [3.8, 4) is 0 Å². The second-order valence-corrected chi connectivity index (χ2v) is 3.73. The number of amides is 1. The van der Waals surface area contributed by atoms with Crippen LogP contribution in [0.1, 0.15) is 12.8 Å². The first-order valence-corrected chi connectivity index (χ1v) is 4.71. The molecule has 1 fully saturated rings. The summed E-state index contributed by atoms with van der Waals surface area (Å²) in [6.45, 7) is 0.500. The van der Waals surface area contributed by atoms with Crippen molar-refractivity contribution in [2.24, 2.45) is 5.73 Å². The van der Waals surface area contributed by atoms with Crippen LogP contribution in [0.25, 0.3) is 0 Å². The van der Waals surface area contributed by atoms with Crippen LogP contribution in [-0.4, -0.2) is 45.9 Å². The number of aliphatic carboxylic acids is 1. The number of carboxylic acid groups (broad SMARTS) is 1. The van der Waals surface area contributed by atoms with Gasteiger partial charge in [-0.1, -0.05) is 12.2 Å². The Morgan fingerprint density at radius 1 is 1.64 bits per heavy atom. The highest BCUT2D eigenvalue weighted by molar-refractivity contribution is 7.80. The maximum Gasteiger partial charge on any atom is 0.326 e. The third kappa shape index (κ3) is 2.27. The number of thiocarbonyl (C=S) groups is 1. The summed E-state index contributed by atoms with van der Waals surface area (Å²) in [5.41, 5.74) is 5.23. The summed E-state index contributed by atoms with van der Waals surface area (Å²) in [5, 5.41) is 8.83. The Morgan fingerprint density at radius 2 is 2.29 bits per heavy atom. The molecule has 0 aromatic carbocycles. The van der Waals surface area contributed by atoms with E-state index in [4.69, 9.17) is 23.1 Å². The second-order valence-electron chi connectivity index (χ2n) is 3.16. The first kappa shape index (κ1) is 11.1. The first-order valence-electron chi connectivity index (χ1n) is 4.30. The summed E-state index contributed by atoms with van der Waals surface area (Å²) in [6, 6.07) is -0.790. The monoisotopic (exact) mass is 216 g/mol. The smallest absolute Gasteiger partial charge is 0.326 e. The van der Waals surface area contributed by atoms with Gasteiger partial charge in [-0.05, 0) is 0 Å². The van der Waals surface area contributed by atoms with E-state index in [1.54, 1.807) is 0 Å². The van der Waals surface area contributed by atoms with Gasteiger partial charge < -0.3 is 15.7 Å². The first-order chi connectivity index (χ1) is 6.56. The van der Waals surface area contributed by atoms with Crippen molar-refractivity contribution in [3.63, 3.8) is 0 Å². The zero-order valence-electron chi connectivity index (χ0n) is 7.60. The van der Waals surface area contributed by atoms with Crippen LogP contribution in [0.3, 0.4) is 0 Å². The molecule has 0 radical (unpaired) electrons. The fraction of sp³-hybridized carbons (Fsp3) is 0.625. The molecule has 0 aromatic rings. The van der Waals surface area contributed by atoms with Crippen LogP contribution in [0.5, 0.6) is 0 Å². The predicted molar refractivity (Wildman–Crippen MR) is 54.0 cm³/mol. The Bertz CT molecular complexity index is 280. The van der Waals surface area contributed by atoms with E-state index in [1.807, 2.05) is 0 Å². The number of likely N-dealkylation sites (tertiary alicyclic amines) is 1. The lowest BCUT2D eigenvalue weighted by Crippen LogP contribution is -2.41. The zero-order chi connectivity index (χ0) is 10.7. The molecule has 1 atom stereocenters. The Hall–Kier alpha value is -1.01. The van der Waals surface area contributed by atoms with Gasteiger partial charge in [0.15, 0.2) is 0 Å². The van der Waals surface area contributed by atoms with Gasteiger partial charge in [0.25, 0.3) is 0 Å². The van der Waals surface area contributed by atoms with Crippen LogP contribution in [0.4, 0.5) is 0 Å². The molecule has 0 bridgehead atoms. The Balaban J connectivity index is 2.71. The topological polar surface area (TPSA) is 83.6 Å². The van der Waals surface area contributed by atoms with Crippen molar-refractivity contribution in [1.29, 1.82) is 0 Å². The van der Waals surface area contributed by atoms with Crippen LogP contribution < -0.4 is 5.73 Å². The van der Waals surface area contributed by atoms with Crippen molar-refractivity contribution in [1.82, 2.24) is 4.90 Å². The largest absolute Gasteiger partial charge is 0.480 e. The van der Waals surface area contributed by atoms with Crippen molar-refractivity contribution in [2.45, 2.75) is 18.9 Å². The van der Waals surface area contributed by atoms with Gasteiger partial charge in [-0.3, -0.25) is 4.79 Å². The van der Waals surface area contributed by atoms with Crippen LogP contribution >= 0.6 is 12.2 Å². The number of carbonyl (C=O) groups excluding carboxylic acids is 1. The van der Waals surface area contributed by atoms with Crippen molar-refractivity contribution in [2.75, 3.05) is 13.1 Å². The van der Waals surface area contributed by atoms with E-state index in [0.717, 1.165) is 0 Å². The SMILES string of the molecule is NCCC(=O)N1CC(=S)C[C@H]1C(=O)O. The molecule has 1 aliphatic heterocycles. The summed E-state index contributed by atoms with van der Waals surface area (Å²) in [4.78, 5) is 24.1. The van der Waals surface area contributed by atoms with Gasteiger partial charge in [0.05, 0.1) is 6.54 Å². The minimum absolute atomic E-state index is 0.173. The fourth-order valence-corrected chi connectivity index (χ4v) is 1.74. The molecular formula is C8H12N2O3S. The lowest BCUT2D eigenvalue weighted by Gasteiger charge is -2.20. The third-order valence-electron chi connectivity index (χ3n) is 2.11. The van der Waals surface area contributed by atoms with Gasteiger partial charge in [-0.15, -0.1) is 0 Å². The predicted octanol–water partition coefficient (Wildman–Crippen LogP) is -0.609. The molecule has 0 aromatic heterocycles. The Kier molecular flexibility index (Phi) is 3.54. The minimum atomic E-state index is -1.00. The number of nitrogens with zero attached hydrogens (tertiary/aromatic N) is 1. The number of carbonyl (C=O) groups is 2. The number of nitrogens with two attached hydrogens (primary N) is 1. The molecule has 1 heterocycles. The van der Waals surface area contributed by atoms with Gasteiger partial charge in [0, 0.05) is 24.3 Å². The fourth-order valence-electron chi connectivity index (χ4n) is 1.44. The zero-order valence-corrected chi connectivity index (χ0v) is 8.42. The minimum Gasteiger partial charge on any atom is -0.480 e. The van der Waals surface area contributed by atoms with E-state index in [0.29, 0.717) is 4.86 Å². The van der Waals surface area contributed by atoms with Crippen LogP contribution in [0, 0.1) is 0 Å². The summed E-state index contributed by atoms with van der Waals surface area (Å²) in [5.74, 6) is -1.24. The van der Waals surface area contributed by atoms with Crippen LogP contribution in [-0.2, 0) is 9.59 Å². The Morgan fingerprint density at radius 3 is 2.79 bits per heavy atom. The standard InChI is InChI=1S/C8H12N2O3S/c9-2-1-7(11)10-4-5(14)3-6(10)8(12)13/h6H,1-4,9H2,(H,12,13)/t6-/m0/s1. The average Bonchev–Trinajstić information content (AvgIpc) is 2.48. The lowest BCUT2D eigenvalue weighted by atomic mass is 10.2. The van der Waals surface area contributed by atoms with Crippen molar-refractivity contribution < 1.29 is 14.7 Å². The molecule has 1 rings (SSSR count). The van der Waals surface area contributed by atoms with E-state index < -0.39 is 12.0 Å². The average molecular weight is 216 g/mol. The highest BCUT2D eigenvalue weighted by Gasteiger charge is 2.36. The normalized spacial score (nSPS) is 21.4. The van der Waals surface area contributed by atoms with Gasteiger partial charge in [0.1, 0.15) is 6.04 Å². The van der Waals surface area contributed by atoms with Crippen molar-refractivity contribution >= 4 is 29.0 Å².